The van der Waals surface area contributed by atoms with Crippen LogP contribution in [0, 0.1) is 0 Å². The maximum absolute atomic E-state index is 6.81. The van der Waals surface area contributed by atoms with E-state index in [2.05, 4.69) is 173 Å². The molecule has 5 aromatic heterocycles. The molecule has 0 fully saturated rings. The summed E-state index contributed by atoms with van der Waals surface area (Å²) in [6.07, 6.45) is 0. The van der Waals surface area contributed by atoms with Gasteiger partial charge in [-0.05, 0) is 102 Å². The van der Waals surface area contributed by atoms with Gasteiger partial charge >= 0.3 is 0 Å². The Labute approximate surface area is 335 Å². The fourth-order valence-corrected chi connectivity index (χ4v) is 9.85. The average Bonchev–Trinajstić information content (AvgIpc) is 4.09. The predicted molar refractivity (Wildman–Crippen MR) is 242 cm³/mol. The summed E-state index contributed by atoms with van der Waals surface area (Å²) < 4.78 is 24.5. The molecular weight excluding hydrogens is 725 g/mol. The Hall–Kier alpha value is -8.02. The van der Waals surface area contributed by atoms with Gasteiger partial charge in [0.15, 0.2) is 11.2 Å². The molecule has 0 N–H and O–H groups in total. The number of benzene rings is 9. The van der Waals surface area contributed by atoms with Crippen LogP contribution >= 0.6 is 0 Å². The van der Waals surface area contributed by atoms with Crippen LogP contribution in [0.25, 0.3) is 132 Å². The summed E-state index contributed by atoms with van der Waals surface area (Å²) in [7, 11) is 0. The van der Waals surface area contributed by atoms with Crippen LogP contribution in [0.15, 0.2) is 195 Å². The highest BCUT2D eigenvalue weighted by atomic mass is 16.4. The van der Waals surface area contributed by atoms with E-state index in [0.29, 0.717) is 0 Å². The minimum atomic E-state index is 0.757. The Kier molecular flexibility index (Phi) is 5.96. The molecule has 0 aliphatic carbocycles. The summed E-state index contributed by atoms with van der Waals surface area (Å²) in [5.41, 5.74) is 13.9. The van der Waals surface area contributed by atoms with Crippen LogP contribution in [0.4, 0.5) is 0 Å². The highest BCUT2D eigenvalue weighted by Gasteiger charge is 2.21. The highest BCUT2D eigenvalue weighted by Crippen LogP contribution is 2.43. The summed E-state index contributed by atoms with van der Waals surface area (Å²) in [4.78, 5) is 0. The van der Waals surface area contributed by atoms with Crippen molar-refractivity contribution in [2.24, 2.45) is 0 Å². The van der Waals surface area contributed by atoms with Crippen molar-refractivity contribution in [1.82, 2.24) is 9.13 Å². The molecule has 0 saturated heterocycles. The molecule has 274 valence electrons. The lowest BCUT2D eigenvalue weighted by molar-refractivity contribution is 0.633. The van der Waals surface area contributed by atoms with E-state index in [1.165, 1.54) is 32.6 Å². The van der Waals surface area contributed by atoms with Crippen molar-refractivity contribution in [2.45, 2.75) is 0 Å². The molecule has 14 aromatic rings. The summed E-state index contributed by atoms with van der Waals surface area (Å²) in [6, 6.07) is 64.8. The van der Waals surface area contributed by atoms with Crippen LogP contribution in [0.3, 0.4) is 0 Å². The smallest absolute Gasteiger partial charge is 0.178 e. The van der Waals surface area contributed by atoms with E-state index in [4.69, 9.17) is 13.3 Å². The van der Waals surface area contributed by atoms with Gasteiger partial charge in [0.1, 0.15) is 22.3 Å². The lowest BCUT2D eigenvalue weighted by Crippen LogP contribution is -1.95. The van der Waals surface area contributed by atoms with Gasteiger partial charge in [0.05, 0.1) is 22.1 Å². The number of fused-ring (bicyclic) bond motifs is 16. The van der Waals surface area contributed by atoms with Crippen molar-refractivity contribution in [2.75, 3.05) is 0 Å². The Morgan fingerprint density at radius 2 is 0.729 bits per heavy atom. The van der Waals surface area contributed by atoms with Crippen molar-refractivity contribution < 1.29 is 13.3 Å². The molecule has 0 bridgehead atoms. The van der Waals surface area contributed by atoms with Crippen molar-refractivity contribution in [1.29, 1.82) is 0 Å². The van der Waals surface area contributed by atoms with Gasteiger partial charge < -0.3 is 22.4 Å². The molecule has 0 aliphatic rings. The first-order chi connectivity index (χ1) is 29.2. The third-order valence-corrected chi connectivity index (χ3v) is 12.5. The molecule has 5 heterocycles. The van der Waals surface area contributed by atoms with Gasteiger partial charge in [0.25, 0.3) is 0 Å². The van der Waals surface area contributed by atoms with Crippen LogP contribution in [-0.2, 0) is 0 Å². The molecule has 59 heavy (non-hydrogen) atoms. The molecule has 5 nitrogen and oxygen atoms in total. The van der Waals surface area contributed by atoms with E-state index in [-0.39, 0.29) is 0 Å². The zero-order valence-electron chi connectivity index (χ0n) is 31.4. The zero-order valence-corrected chi connectivity index (χ0v) is 31.4. The third-order valence-electron chi connectivity index (χ3n) is 12.5. The first kappa shape index (κ1) is 31.1. The second kappa shape index (κ2) is 11.3. The van der Waals surface area contributed by atoms with Gasteiger partial charge in [0.2, 0.25) is 0 Å². The number of hydrogen-bond donors (Lipinski definition) is 0. The van der Waals surface area contributed by atoms with Crippen molar-refractivity contribution in [3.63, 3.8) is 0 Å². The van der Waals surface area contributed by atoms with Gasteiger partial charge in [-0.3, -0.25) is 0 Å². The molecule has 5 heteroatoms. The lowest BCUT2D eigenvalue weighted by Gasteiger charge is -2.10. The van der Waals surface area contributed by atoms with Crippen LogP contribution < -0.4 is 0 Å². The molecular formula is C54H30N2O3. The second-order valence-corrected chi connectivity index (χ2v) is 15.7. The Bertz CT molecular complexity index is 4080. The molecule has 0 saturated carbocycles. The number of furan rings is 3. The van der Waals surface area contributed by atoms with E-state index in [9.17, 15) is 0 Å². The van der Waals surface area contributed by atoms with Crippen molar-refractivity contribution >= 4 is 109 Å². The second-order valence-electron chi connectivity index (χ2n) is 15.7. The van der Waals surface area contributed by atoms with E-state index < -0.39 is 0 Å². The van der Waals surface area contributed by atoms with E-state index in [1.807, 2.05) is 18.2 Å². The lowest BCUT2D eigenvalue weighted by atomic mass is 10.0. The molecule has 0 radical (unpaired) electrons. The van der Waals surface area contributed by atoms with Gasteiger partial charge in [-0.25, -0.2) is 0 Å². The van der Waals surface area contributed by atoms with Gasteiger partial charge in [-0.15, -0.1) is 0 Å². The van der Waals surface area contributed by atoms with Crippen molar-refractivity contribution in [3.8, 4) is 22.5 Å². The maximum atomic E-state index is 6.81. The molecule has 0 unspecified atom stereocenters. The molecule has 0 atom stereocenters. The normalized spacial score (nSPS) is 12.4. The molecule has 0 amide bonds. The van der Waals surface area contributed by atoms with Crippen LogP contribution in [0.5, 0.6) is 0 Å². The fraction of sp³-hybridized carbons (Fsp3) is 0. The van der Waals surface area contributed by atoms with E-state index in [1.54, 1.807) is 0 Å². The predicted octanol–water partition coefficient (Wildman–Crippen LogP) is 15.2. The Balaban J connectivity index is 0.944. The van der Waals surface area contributed by atoms with Crippen molar-refractivity contribution in [3.05, 3.63) is 182 Å². The van der Waals surface area contributed by atoms with E-state index >= 15 is 0 Å². The first-order valence-corrected chi connectivity index (χ1v) is 20.0. The SMILES string of the molecule is c1ccc(-n2c3ccccc3c3cc4c5ccccc5n(-c5ccc6c(c5)oc5c6ccc6c7ccc(-c8ccc9c(c8)oc8ccccc89)cc7oc65)c4cc32)cc1. The third kappa shape index (κ3) is 4.23. The minimum absolute atomic E-state index is 0.757. The van der Waals surface area contributed by atoms with Gasteiger partial charge in [-0.1, -0.05) is 84.9 Å². The maximum Gasteiger partial charge on any atom is 0.178 e. The molecule has 0 aliphatic heterocycles. The quantitative estimate of drug-likeness (QED) is 0.180. The number of aromatic nitrogens is 2. The fourth-order valence-electron chi connectivity index (χ4n) is 9.85. The first-order valence-electron chi connectivity index (χ1n) is 20.0. The Morgan fingerprint density at radius 3 is 1.39 bits per heavy atom. The number of hydrogen-bond acceptors (Lipinski definition) is 3. The van der Waals surface area contributed by atoms with Crippen LogP contribution in [0.1, 0.15) is 0 Å². The van der Waals surface area contributed by atoms with Crippen LogP contribution in [0.2, 0.25) is 0 Å². The number of rotatable bonds is 3. The van der Waals surface area contributed by atoms with Gasteiger partial charge in [0, 0.05) is 71.3 Å². The highest BCUT2D eigenvalue weighted by molar-refractivity contribution is 6.21. The summed E-state index contributed by atoms with van der Waals surface area (Å²) >= 11 is 0. The summed E-state index contributed by atoms with van der Waals surface area (Å²) in [5, 5.41) is 11.3. The monoisotopic (exact) mass is 754 g/mol. The number of para-hydroxylation sites is 4. The van der Waals surface area contributed by atoms with Crippen LogP contribution in [-0.4, -0.2) is 9.13 Å². The Morgan fingerprint density at radius 1 is 0.254 bits per heavy atom. The zero-order chi connectivity index (χ0) is 38.3. The largest absolute Gasteiger partial charge is 0.456 e. The summed E-state index contributed by atoms with van der Waals surface area (Å²) in [5.74, 6) is 0. The number of nitrogens with zero attached hydrogens (tertiary/aromatic N) is 2. The molecule has 0 spiro atoms. The topological polar surface area (TPSA) is 49.3 Å². The molecule has 9 aromatic carbocycles. The average molecular weight is 755 g/mol. The van der Waals surface area contributed by atoms with E-state index in [0.717, 1.165) is 99.4 Å². The molecule has 14 rings (SSSR count). The summed E-state index contributed by atoms with van der Waals surface area (Å²) in [6.45, 7) is 0. The standard InChI is InChI=1S/C54H30N2O3/c1-2-10-33(11-3-1)55-45-15-7-4-12-35(45)43-29-44-36-13-5-8-16-46(36)56(48(44)30-47(43)55)34-20-23-40-42-25-24-41-39-22-19-32(27-51(39)58-53(41)54(42)59-52(40)28-34)31-18-21-38-37-14-6-9-17-49(37)57-50(38)26-31/h1-30H. The van der Waals surface area contributed by atoms with Gasteiger partial charge in [-0.2, -0.15) is 0 Å². The minimum Gasteiger partial charge on any atom is -0.456 e.